The van der Waals surface area contributed by atoms with Gasteiger partial charge in [-0.05, 0) is 6.92 Å². The van der Waals surface area contributed by atoms with E-state index in [-0.39, 0.29) is 11.8 Å². The van der Waals surface area contributed by atoms with Crippen LogP contribution in [0.3, 0.4) is 0 Å². The van der Waals surface area contributed by atoms with Crippen molar-refractivity contribution < 1.29 is 13.6 Å². The molecule has 0 radical (unpaired) electrons. The molecule has 2 N–H and O–H groups in total. The summed E-state index contributed by atoms with van der Waals surface area (Å²) in [5.74, 6) is -0.0382. The molecule has 0 aliphatic carbocycles. The lowest BCUT2D eigenvalue weighted by molar-refractivity contribution is 0.141. The predicted molar refractivity (Wildman–Crippen MR) is 34.1 cm³/mol. The minimum Gasteiger partial charge on any atom is -0.317 e. The van der Waals surface area contributed by atoms with E-state index in [1.807, 2.05) is 5.48 Å². The van der Waals surface area contributed by atoms with E-state index in [9.17, 15) is 8.42 Å². The molecule has 5 heteroatoms. The Morgan fingerprint density at radius 2 is 2.11 bits per heavy atom. The van der Waals surface area contributed by atoms with E-state index >= 15 is 0 Å². The maximum Gasteiger partial charge on any atom is 0.149 e. The zero-order valence-electron chi connectivity index (χ0n) is 5.46. The maximum absolute atomic E-state index is 10.4. The van der Waals surface area contributed by atoms with Gasteiger partial charge in [0.2, 0.25) is 0 Å². The fourth-order valence-corrected chi connectivity index (χ4v) is 1.47. The lowest BCUT2D eigenvalue weighted by Gasteiger charge is -2.04. The zero-order valence-corrected chi connectivity index (χ0v) is 6.27. The standard InChI is InChI=1S/C4H11NO3S/c1-4(5-6)3-9(2,7)8/h4-6H,3H2,1-2H3. The molecule has 56 valence electrons. The Kier molecular flexibility index (Phi) is 3.10. The average molecular weight is 153 g/mol. The van der Waals surface area contributed by atoms with Gasteiger partial charge in [-0.1, -0.05) is 0 Å². The molecule has 0 saturated carbocycles. The summed E-state index contributed by atoms with van der Waals surface area (Å²) in [4.78, 5) is 0. The Morgan fingerprint density at radius 1 is 1.67 bits per heavy atom. The van der Waals surface area contributed by atoms with Crippen molar-refractivity contribution in [1.29, 1.82) is 0 Å². The zero-order chi connectivity index (χ0) is 7.49. The molecule has 0 aliphatic rings. The monoisotopic (exact) mass is 153 g/mol. The lowest BCUT2D eigenvalue weighted by Crippen LogP contribution is -2.29. The maximum atomic E-state index is 10.4. The van der Waals surface area contributed by atoms with Crippen molar-refractivity contribution in [2.75, 3.05) is 12.0 Å². The molecule has 0 aromatic carbocycles. The molecule has 0 heterocycles. The predicted octanol–water partition coefficient (Wildman–Crippen LogP) is -0.602. The van der Waals surface area contributed by atoms with Gasteiger partial charge in [0.1, 0.15) is 9.84 Å². The van der Waals surface area contributed by atoms with Crippen molar-refractivity contribution in [3.8, 4) is 0 Å². The Labute approximate surface area is 54.8 Å². The van der Waals surface area contributed by atoms with E-state index in [2.05, 4.69) is 0 Å². The fourth-order valence-electron chi connectivity index (χ4n) is 0.491. The highest BCUT2D eigenvalue weighted by molar-refractivity contribution is 7.90. The summed E-state index contributed by atoms with van der Waals surface area (Å²) in [6.07, 6.45) is 1.13. The third-order valence-electron chi connectivity index (χ3n) is 0.773. The fraction of sp³-hybridized carbons (Fsp3) is 1.00. The van der Waals surface area contributed by atoms with Gasteiger partial charge >= 0.3 is 0 Å². The van der Waals surface area contributed by atoms with E-state index in [1.54, 1.807) is 6.92 Å². The Bertz CT molecular complexity index is 163. The van der Waals surface area contributed by atoms with Gasteiger partial charge in [-0.25, -0.2) is 13.9 Å². The molecule has 0 bridgehead atoms. The molecule has 4 nitrogen and oxygen atoms in total. The first-order valence-corrected chi connectivity index (χ1v) is 4.59. The summed E-state index contributed by atoms with van der Waals surface area (Å²) in [6, 6.07) is -0.389. The molecule has 0 aliphatic heterocycles. The van der Waals surface area contributed by atoms with Gasteiger partial charge in [-0.2, -0.15) is 0 Å². The molecule has 0 aromatic rings. The summed E-state index contributed by atoms with van der Waals surface area (Å²) >= 11 is 0. The Hall–Kier alpha value is -0.130. The Balaban J connectivity index is 3.75. The van der Waals surface area contributed by atoms with Gasteiger partial charge in [0.15, 0.2) is 0 Å². The van der Waals surface area contributed by atoms with E-state index < -0.39 is 9.84 Å². The molecule has 0 aromatic heterocycles. The van der Waals surface area contributed by atoms with Gasteiger partial charge in [-0.3, -0.25) is 0 Å². The van der Waals surface area contributed by atoms with E-state index in [4.69, 9.17) is 5.21 Å². The second-order valence-electron chi connectivity index (χ2n) is 2.12. The Morgan fingerprint density at radius 3 is 2.22 bits per heavy atom. The first-order valence-electron chi connectivity index (χ1n) is 2.53. The highest BCUT2D eigenvalue weighted by atomic mass is 32.2. The van der Waals surface area contributed by atoms with Crippen LogP contribution in [0.4, 0.5) is 0 Å². The van der Waals surface area contributed by atoms with Crippen LogP contribution < -0.4 is 5.48 Å². The number of hydrogen-bond acceptors (Lipinski definition) is 4. The lowest BCUT2D eigenvalue weighted by atomic mass is 10.4. The van der Waals surface area contributed by atoms with Crippen LogP contribution in [0.1, 0.15) is 6.92 Å². The first kappa shape index (κ1) is 8.87. The summed E-state index contributed by atoms with van der Waals surface area (Å²) in [5, 5.41) is 8.18. The molecule has 9 heavy (non-hydrogen) atoms. The highest BCUT2D eigenvalue weighted by Crippen LogP contribution is 1.87. The number of nitrogens with one attached hydrogen (secondary N) is 1. The minimum atomic E-state index is -2.96. The summed E-state index contributed by atoms with van der Waals surface area (Å²) in [6.45, 7) is 1.58. The van der Waals surface area contributed by atoms with Crippen LogP contribution in [0.15, 0.2) is 0 Å². The van der Waals surface area contributed by atoms with Crippen LogP contribution in [0.2, 0.25) is 0 Å². The van der Waals surface area contributed by atoms with Gasteiger partial charge in [0, 0.05) is 12.3 Å². The van der Waals surface area contributed by atoms with Crippen LogP contribution >= 0.6 is 0 Å². The van der Waals surface area contributed by atoms with E-state index in [1.165, 1.54) is 0 Å². The van der Waals surface area contributed by atoms with E-state index in [0.29, 0.717) is 0 Å². The van der Waals surface area contributed by atoms with Gasteiger partial charge in [0.25, 0.3) is 0 Å². The van der Waals surface area contributed by atoms with Gasteiger partial charge in [0.05, 0.1) is 5.75 Å². The molecule has 0 spiro atoms. The van der Waals surface area contributed by atoms with Gasteiger partial charge in [-0.15, -0.1) is 0 Å². The summed E-state index contributed by atoms with van der Waals surface area (Å²) in [7, 11) is -2.96. The number of hydroxylamine groups is 1. The van der Waals surface area contributed by atoms with Crippen molar-refractivity contribution >= 4 is 9.84 Å². The average Bonchev–Trinajstić information content (AvgIpc) is 1.62. The number of hydrogen-bond donors (Lipinski definition) is 2. The van der Waals surface area contributed by atoms with Crippen LogP contribution in [0.25, 0.3) is 0 Å². The van der Waals surface area contributed by atoms with Crippen molar-refractivity contribution in [1.82, 2.24) is 5.48 Å². The van der Waals surface area contributed by atoms with Crippen molar-refractivity contribution in [2.45, 2.75) is 13.0 Å². The smallest absolute Gasteiger partial charge is 0.149 e. The van der Waals surface area contributed by atoms with Gasteiger partial charge < -0.3 is 5.21 Å². The number of sulfone groups is 1. The van der Waals surface area contributed by atoms with Crippen molar-refractivity contribution in [2.24, 2.45) is 0 Å². The van der Waals surface area contributed by atoms with E-state index in [0.717, 1.165) is 6.26 Å². The molecular formula is C4H11NO3S. The van der Waals surface area contributed by atoms with Crippen molar-refractivity contribution in [3.05, 3.63) is 0 Å². The second-order valence-corrected chi connectivity index (χ2v) is 4.31. The summed E-state index contributed by atoms with van der Waals surface area (Å²) in [5.41, 5.74) is 1.84. The van der Waals surface area contributed by atoms with Crippen LogP contribution in [-0.4, -0.2) is 31.7 Å². The minimum absolute atomic E-state index is 0.0382. The normalized spacial score (nSPS) is 15.4. The quantitative estimate of drug-likeness (QED) is 0.531. The topological polar surface area (TPSA) is 66.4 Å². The molecule has 0 fully saturated rings. The van der Waals surface area contributed by atoms with Crippen LogP contribution in [-0.2, 0) is 9.84 Å². The SMILES string of the molecule is CC(CS(C)(=O)=O)NO. The van der Waals surface area contributed by atoms with Crippen LogP contribution in [0.5, 0.6) is 0 Å². The van der Waals surface area contributed by atoms with Crippen molar-refractivity contribution in [3.63, 3.8) is 0 Å². The number of rotatable bonds is 3. The third-order valence-corrected chi connectivity index (χ3v) is 1.88. The largest absolute Gasteiger partial charge is 0.317 e. The first-order chi connectivity index (χ1) is 3.95. The van der Waals surface area contributed by atoms with Crippen LogP contribution in [0, 0.1) is 0 Å². The highest BCUT2D eigenvalue weighted by Gasteiger charge is 2.07. The molecule has 1 unspecified atom stereocenters. The molecule has 0 rings (SSSR count). The molecule has 1 atom stereocenters. The molecule has 0 amide bonds. The summed E-state index contributed by atoms with van der Waals surface area (Å²) < 4.78 is 20.9. The molecule has 0 saturated heterocycles. The molecular weight excluding hydrogens is 142 g/mol. The third kappa shape index (κ3) is 5.75. The second kappa shape index (κ2) is 3.14.